The summed E-state index contributed by atoms with van der Waals surface area (Å²) < 4.78 is 20.6. The van der Waals surface area contributed by atoms with E-state index in [-0.39, 0.29) is 0 Å². The molecule has 96 valence electrons. The molecule has 5 nitrogen and oxygen atoms in total. The number of nitrogens with zero attached hydrogens (tertiary/aromatic N) is 2. The van der Waals surface area contributed by atoms with Gasteiger partial charge in [-0.3, -0.25) is 0 Å². The summed E-state index contributed by atoms with van der Waals surface area (Å²) in [5.74, 6) is 1.74. The lowest BCUT2D eigenvalue weighted by molar-refractivity contribution is 0.325. The molecule has 2 rings (SSSR count). The summed E-state index contributed by atoms with van der Waals surface area (Å²) in [5, 5.41) is 0.750. The van der Waals surface area contributed by atoms with E-state index in [0.717, 1.165) is 10.6 Å². The lowest BCUT2D eigenvalue weighted by atomic mass is 10.2. The van der Waals surface area contributed by atoms with Crippen molar-refractivity contribution in [3.05, 3.63) is 16.9 Å². The largest absolute Gasteiger partial charge is 0.493 e. The number of halogens is 1. The van der Waals surface area contributed by atoms with E-state index >= 15 is 0 Å². The molecule has 2 aromatic rings. The summed E-state index contributed by atoms with van der Waals surface area (Å²) in [6, 6.07) is 3.68. The molecule has 18 heavy (non-hydrogen) atoms. The molecule has 0 saturated heterocycles. The highest BCUT2D eigenvalue weighted by molar-refractivity contribution is 9.10. The topological polar surface area (TPSA) is 53.5 Å². The second-order valence-electron chi connectivity index (χ2n) is 3.25. The summed E-state index contributed by atoms with van der Waals surface area (Å²) in [6.07, 6.45) is 0. The van der Waals surface area contributed by atoms with Crippen LogP contribution >= 0.6 is 27.5 Å². The maximum Gasteiger partial charge on any atom is 0.209 e. The smallest absolute Gasteiger partial charge is 0.209 e. The van der Waals surface area contributed by atoms with Gasteiger partial charge in [-0.1, -0.05) is 0 Å². The van der Waals surface area contributed by atoms with Crippen LogP contribution in [0.4, 0.5) is 0 Å². The Hall–Kier alpha value is -1.34. The van der Waals surface area contributed by atoms with Crippen LogP contribution in [0.5, 0.6) is 17.2 Å². The predicted molar refractivity (Wildman–Crippen MR) is 72.7 cm³/mol. The van der Waals surface area contributed by atoms with Gasteiger partial charge < -0.3 is 14.2 Å². The predicted octanol–water partition coefficient (Wildman–Crippen LogP) is 2.99. The van der Waals surface area contributed by atoms with Gasteiger partial charge in [0.15, 0.2) is 11.5 Å². The van der Waals surface area contributed by atoms with E-state index in [1.54, 1.807) is 21.3 Å². The van der Waals surface area contributed by atoms with Crippen LogP contribution in [-0.2, 0) is 0 Å². The molecule has 0 aliphatic rings. The first kappa shape index (κ1) is 13.1. The van der Waals surface area contributed by atoms with Crippen molar-refractivity contribution in [2.24, 2.45) is 0 Å². The molecule has 1 aromatic carbocycles. The molecule has 1 heterocycles. The van der Waals surface area contributed by atoms with Crippen molar-refractivity contribution in [2.45, 2.75) is 0 Å². The number of benzene rings is 1. The Morgan fingerprint density at radius 2 is 1.78 bits per heavy atom. The van der Waals surface area contributed by atoms with Crippen LogP contribution < -0.4 is 14.2 Å². The summed E-state index contributed by atoms with van der Waals surface area (Å²) in [5.41, 5.74) is 0.818. The zero-order valence-corrected chi connectivity index (χ0v) is 12.5. The Balaban J connectivity index is 2.61. The molecule has 0 spiro atoms. The normalized spacial score (nSPS) is 10.2. The van der Waals surface area contributed by atoms with Gasteiger partial charge in [0.05, 0.1) is 26.9 Å². The van der Waals surface area contributed by atoms with E-state index in [9.17, 15) is 0 Å². The van der Waals surface area contributed by atoms with Crippen LogP contribution in [0.1, 0.15) is 0 Å². The molecule has 7 heteroatoms. The van der Waals surface area contributed by atoms with Crippen molar-refractivity contribution in [3.63, 3.8) is 0 Å². The molecule has 1 aromatic heterocycles. The van der Waals surface area contributed by atoms with Crippen LogP contribution in [0.3, 0.4) is 0 Å². The summed E-state index contributed by atoms with van der Waals surface area (Å²) in [4.78, 5) is 4.27. The van der Waals surface area contributed by atoms with Gasteiger partial charge >= 0.3 is 0 Å². The van der Waals surface area contributed by atoms with Crippen molar-refractivity contribution in [3.8, 4) is 27.8 Å². The molecule has 0 radical (unpaired) electrons. The maximum absolute atomic E-state index is 5.39. The molecular formula is C11H11BrN2O3S. The third-order valence-corrected chi connectivity index (χ3v) is 3.67. The van der Waals surface area contributed by atoms with Crippen molar-refractivity contribution >= 4 is 27.5 Å². The van der Waals surface area contributed by atoms with Crippen LogP contribution in [0, 0.1) is 0 Å². The van der Waals surface area contributed by atoms with Gasteiger partial charge in [-0.2, -0.15) is 4.37 Å². The molecule has 0 saturated carbocycles. The molecule has 0 aliphatic heterocycles. The van der Waals surface area contributed by atoms with Crippen LogP contribution in [0.25, 0.3) is 10.6 Å². The molecule has 0 unspecified atom stereocenters. The number of aromatic nitrogens is 2. The lowest BCUT2D eigenvalue weighted by Crippen LogP contribution is -1.96. The minimum Gasteiger partial charge on any atom is -0.493 e. The van der Waals surface area contributed by atoms with E-state index in [1.165, 1.54) is 11.5 Å². The van der Waals surface area contributed by atoms with Gasteiger partial charge in [-0.15, -0.1) is 0 Å². The Morgan fingerprint density at radius 3 is 2.28 bits per heavy atom. The first-order valence-electron chi connectivity index (χ1n) is 4.99. The van der Waals surface area contributed by atoms with Crippen molar-refractivity contribution < 1.29 is 14.2 Å². The molecular weight excluding hydrogens is 320 g/mol. The second kappa shape index (κ2) is 5.53. The van der Waals surface area contributed by atoms with Crippen LogP contribution in [0.15, 0.2) is 16.9 Å². The SMILES string of the molecule is COc1ccc(-c2nc(Br)ns2)c(OC)c1OC. The number of rotatable bonds is 4. The Labute approximate surface area is 117 Å². The van der Waals surface area contributed by atoms with Gasteiger partial charge in [-0.25, -0.2) is 4.98 Å². The Morgan fingerprint density at radius 1 is 1.06 bits per heavy atom. The van der Waals surface area contributed by atoms with Gasteiger partial charge in [-0.05, 0) is 39.6 Å². The van der Waals surface area contributed by atoms with Crippen LogP contribution in [-0.4, -0.2) is 30.7 Å². The van der Waals surface area contributed by atoms with Gasteiger partial charge in [0.25, 0.3) is 0 Å². The first-order chi connectivity index (χ1) is 8.71. The highest BCUT2D eigenvalue weighted by Gasteiger charge is 2.19. The number of ether oxygens (including phenoxy) is 3. The van der Waals surface area contributed by atoms with E-state index in [2.05, 4.69) is 25.3 Å². The minimum atomic E-state index is 0.545. The fourth-order valence-corrected chi connectivity index (χ4v) is 2.69. The van der Waals surface area contributed by atoms with Crippen molar-refractivity contribution in [2.75, 3.05) is 21.3 Å². The molecule has 0 atom stereocenters. The summed E-state index contributed by atoms with van der Waals surface area (Å²) in [7, 11) is 4.73. The summed E-state index contributed by atoms with van der Waals surface area (Å²) in [6.45, 7) is 0. The van der Waals surface area contributed by atoms with Gasteiger partial charge in [0.1, 0.15) is 5.01 Å². The molecule has 0 aliphatic carbocycles. The third kappa shape index (κ3) is 2.28. The number of methoxy groups -OCH3 is 3. The standard InChI is InChI=1S/C11H11BrN2O3S/c1-15-7-5-4-6(8(16-2)9(7)17-3)10-13-11(12)14-18-10/h4-5H,1-3H3. The monoisotopic (exact) mass is 330 g/mol. The third-order valence-electron chi connectivity index (χ3n) is 2.34. The van der Waals surface area contributed by atoms with E-state index in [1.807, 2.05) is 12.1 Å². The van der Waals surface area contributed by atoms with E-state index < -0.39 is 0 Å². The Kier molecular flexibility index (Phi) is 4.03. The fourth-order valence-electron chi connectivity index (χ4n) is 1.58. The molecule has 0 amide bonds. The Bertz CT molecular complexity index is 559. The number of hydrogen-bond acceptors (Lipinski definition) is 6. The van der Waals surface area contributed by atoms with Crippen LogP contribution in [0.2, 0.25) is 0 Å². The first-order valence-corrected chi connectivity index (χ1v) is 6.56. The minimum absolute atomic E-state index is 0.545. The molecule has 0 bridgehead atoms. The van der Waals surface area contributed by atoms with Crippen molar-refractivity contribution in [1.82, 2.24) is 9.36 Å². The zero-order chi connectivity index (χ0) is 13.1. The van der Waals surface area contributed by atoms with Crippen molar-refractivity contribution in [1.29, 1.82) is 0 Å². The highest BCUT2D eigenvalue weighted by Crippen LogP contribution is 2.44. The zero-order valence-electron chi connectivity index (χ0n) is 10.1. The fraction of sp³-hybridized carbons (Fsp3) is 0.273. The molecule has 0 fully saturated rings. The van der Waals surface area contributed by atoms with Gasteiger partial charge in [0, 0.05) is 0 Å². The van der Waals surface area contributed by atoms with E-state index in [0.29, 0.717) is 22.0 Å². The lowest BCUT2D eigenvalue weighted by Gasteiger charge is -2.14. The average Bonchev–Trinajstić information content (AvgIpc) is 2.83. The van der Waals surface area contributed by atoms with E-state index in [4.69, 9.17) is 14.2 Å². The summed E-state index contributed by atoms with van der Waals surface area (Å²) >= 11 is 4.51. The quantitative estimate of drug-likeness (QED) is 0.862. The average molecular weight is 331 g/mol. The van der Waals surface area contributed by atoms with Gasteiger partial charge in [0.2, 0.25) is 10.5 Å². The number of hydrogen-bond donors (Lipinski definition) is 0. The second-order valence-corrected chi connectivity index (χ2v) is 4.71. The maximum atomic E-state index is 5.39. The highest BCUT2D eigenvalue weighted by atomic mass is 79.9. The molecule has 0 N–H and O–H groups in total.